The van der Waals surface area contributed by atoms with Crippen molar-refractivity contribution >= 4 is 17.8 Å². The highest BCUT2D eigenvalue weighted by atomic mass is 16.2. The fourth-order valence-corrected chi connectivity index (χ4v) is 4.66. The maximum atomic E-state index is 13.2. The van der Waals surface area contributed by atoms with E-state index in [1.807, 2.05) is 43.3 Å². The molecule has 2 unspecified atom stereocenters. The van der Waals surface area contributed by atoms with Crippen molar-refractivity contribution in [1.82, 2.24) is 15.5 Å². The molecule has 2 N–H and O–H groups in total. The molecule has 4 amide bonds. The lowest BCUT2D eigenvalue weighted by Crippen LogP contribution is -2.44. The van der Waals surface area contributed by atoms with E-state index in [1.165, 1.54) is 5.56 Å². The molecule has 2 atom stereocenters. The van der Waals surface area contributed by atoms with Crippen LogP contribution < -0.4 is 10.6 Å². The van der Waals surface area contributed by atoms with Crippen molar-refractivity contribution in [2.24, 2.45) is 5.92 Å². The van der Waals surface area contributed by atoms with Crippen LogP contribution in [0.25, 0.3) is 0 Å². The van der Waals surface area contributed by atoms with E-state index in [2.05, 4.69) is 36.6 Å². The Morgan fingerprint density at radius 1 is 1.10 bits per heavy atom. The largest absolute Gasteiger partial charge is 0.348 e. The third-order valence-corrected chi connectivity index (χ3v) is 6.23. The average molecular weight is 420 g/mol. The van der Waals surface area contributed by atoms with Gasteiger partial charge in [0.1, 0.15) is 12.1 Å². The first kappa shape index (κ1) is 21.1. The topological polar surface area (TPSA) is 78.5 Å². The van der Waals surface area contributed by atoms with E-state index in [9.17, 15) is 14.4 Å². The fourth-order valence-electron chi connectivity index (χ4n) is 4.66. The van der Waals surface area contributed by atoms with Crippen molar-refractivity contribution in [3.63, 3.8) is 0 Å². The second-order valence-electron chi connectivity index (χ2n) is 9.01. The zero-order valence-electron chi connectivity index (χ0n) is 18.3. The summed E-state index contributed by atoms with van der Waals surface area (Å²) in [5.74, 6) is -0.115. The summed E-state index contributed by atoms with van der Waals surface area (Å²) in [5, 5.41) is 5.76. The van der Waals surface area contributed by atoms with E-state index in [-0.39, 0.29) is 24.4 Å². The van der Waals surface area contributed by atoms with E-state index in [0.29, 0.717) is 12.3 Å². The van der Waals surface area contributed by atoms with Crippen molar-refractivity contribution in [2.75, 3.05) is 6.54 Å². The van der Waals surface area contributed by atoms with E-state index in [4.69, 9.17) is 0 Å². The molecule has 4 rings (SSSR count). The summed E-state index contributed by atoms with van der Waals surface area (Å²) in [5.41, 5.74) is 3.12. The number of carbonyl (C=O) groups excluding carboxylic acids is 3. The standard InChI is InChI=1S/C25H29N3O3/c1-16(2)14-18-8-10-19(11-9-18)17(3)26-22(29)15-28-23(30)25(27-24(28)31)13-12-20-6-4-5-7-21(20)25/h4-11,16-17H,12-15H2,1-3H3,(H,26,29)(H,27,31). The van der Waals surface area contributed by atoms with Crippen molar-refractivity contribution in [3.8, 4) is 0 Å². The number of urea groups is 1. The molecule has 1 saturated heterocycles. The number of benzene rings is 2. The molecule has 2 aliphatic rings. The van der Waals surface area contributed by atoms with Gasteiger partial charge in [-0.3, -0.25) is 14.5 Å². The van der Waals surface area contributed by atoms with Crippen LogP contribution in [0, 0.1) is 5.92 Å². The van der Waals surface area contributed by atoms with Crippen LogP contribution in [0.3, 0.4) is 0 Å². The minimum Gasteiger partial charge on any atom is -0.348 e. The Kier molecular flexibility index (Phi) is 5.56. The Labute approximate surface area is 183 Å². The fraction of sp³-hybridized carbons (Fsp3) is 0.400. The van der Waals surface area contributed by atoms with Gasteiger partial charge in [-0.05, 0) is 54.4 Å². The van der Waals surface area contributed by atoms with Crippen molar-refractivity contribution in [2.45, 2.75) is 51.6 Å². The predicted octanol–water partition coefficient (Wildman–Crippen LogP) is 3.46. The number of rotatable bonds is 6. The number of hydrogen-bond acceptors (Lipinski definition) is 3. The molecular weight excluding hydrogens is 390 g/mol. The summed E-state index contributed by atoms with van der Waals surface area (Å²) in [4.78, 5) is 39.5. The molecular formula is C25H29N3O3. The molecule has 1 aliphatic carbocycles. The van der Waals surface area contributed by atoms with Gasteiger partial charge in [0, 0.05) is 0 Å². The van der Waals surface area contributed by atoms with E-state index in [1.54, 1.807) is 0 Å². The van der Waals surface area contributed by atoms with Crippen LogP contribution in [-0.2, 0) is 28.0 Å². The molecule has 6 heteroatoms. The number of nitrogens with one attached hydrogen (secondary N) is 2. The second kappa shape index (κ2) is 8.17. The molecule has 1 aliphatic heterocycles. The summed E-state index contributed by atoms with van der Waals surface area (Å²) in [6.45, 7) is 5.97. The minimum absolute atomic E-state index is 0.220. The number of nitrogens with zero attached hydrogens (tertiary/aromatic N) is 1. The van der Waals surface area contributed by atoms with Gasteiger partial charge in [0.15, 0.2) is 0 Å². The Bertz CT molecular complexity index is 1010. The third-order valence-electron chi connectivity index (χ3n) is 6.23. The van der Waals surface area contributed by atoms with Crippen molar-refractivity contribution in [1.29, 1.82) is 0 Å². The van der Waals surface area contributed by atoms with Crippen LogP contribution in [0.5, 0.6) is 0 Å². The van der Waals surface area contributed by atoms with Gasteiger partial charge < -0.3 is 10.6 Å². The summed E-state index contributed by atoms with van der Waals surface area (Å²) >= 11 is 0. The van der Waals surface area contributed by atoms with Gasteiger partial charge >= 0.3 is 6.03 Å². The van der Waals surface area contributed by atoms with Gasteiger partial charge in [0.05, 0.1) is 6.04 Å². The molecule has 0 aromatic heterocycles. The molecule has 2 aromatic carbocycles. The van der Waals surface area contributed by atoms with Gasteiger partial charge in [-0.1, -0.05) is 62.4 Å². The predicted molar refractivity (Wildman–Crippen MR) is 118 cm³/mol. The molecule has 1 spiro atoms. The maximum Gasteiger partial charge on any atom is 0.325 e. The smallest absolute Gasteiger partial charge is 0.325 e. The molecule has 1 heterocycles. The molecule has 1 fully saturated rings. The van der Waals surface area contributed by atoms with Crippen LogP contribution in [0.1, 0.15) is 55.5 Å². The Balaban J connectivity index is 1.41. The molecule has 0 radical (unpaired) electrons. The first-order valence-electron chi connectivity index (χ1n) is 10.9. The molecule has 0 bridgehead atoms. The number of amides is 4. The molecule has 0 saturated carbocycles. The third kappa shape index (κ3) is 3.94. The minimum atomic E-state index is -1.04. The first-order chi connectivity index (χ1) is 14.8. The number of fused-ring (bicyclic) bond motifs is 2. The average Bonchev–Trinajstić information content (AvgIpc) is 3.21. The summed E-state index contributed by atoms with van der Waals surface area (Å²) in [7, 11) is 0. The van der Waals surface area contributed by atoms with Crippen molar-refractivity contribution < 1.29 is 14.4 Å². The number of carbonyl (C=O) groups is 3. The number of aryl methyl sites for hydroxylation is 1. The van der Waals surface area contributed by atoms with Gasteiger partial charge in [-0.15, -0.1) is 0 Å². The van der Waals surface area contributed by atoms with Crippen LogP contribution in [-0.4, -0.2) is 29.3 Å². The monoisotopic (exact) mass is 419 g/mol. The molecule has 162 valence electrons. The van der Waals surface area contributed by atoms with E-state index >= 15 is 0 Å². The molecule has 31 heavy (non-hydrogen) atoms. The highest BCUT2D eigenvalue weighted by Crippen LogP contribution is 2.41. The Morgan fingerprint density at radius 2 is 1.81 bits per heavy atom. The van der Waals surface area contributed by atoms with Gasteiger partial charge in [0.25, 0.3) is 5.91 Å². The summed E-state index contributed by atoms with van der Waals surface area (Å²) < 4.78 is 0. The zero-order valence-corrected chi connectivity index (χ0v) is 18.3. The highest BCUT2D eigenvalue weighted by Gasteiger charge is 2.55. The SMILES string of the molecule is CC(C)Cc1ccc(C(C)NC(=O)CN2C(=O)NC3(CCc4ccccc43)C2=O)cc1. The normalized spacial score (nSPS) is 20.8. The lowest BCUT2D eigenvalue weighted by molar-refractivity contribution is -0.135. The van der Waals surface area contributed by atoms with Crippen LogP contribution in [0.2, 0.25) is 0 Å². The van der Waals surface area contributed by atoms with Crippen LogP contribution in [0.15, 0.2) is 48.5 Å². The van der Waals surface area contributed by atoms with Crippen LogP contribution in [0.4, 0.5) is 4.79 Å². The molecule has 6 nitrogen and oxygen atoms in total. The van der Waals surface area contributed by atoms with Gasteiger partial charge in [0.2, 0.25) is 5.91 Å². The highest BCUT2D eigenvalue weighted by molar-refractivity contribution is 6.09. The summed E-state index contributed by atoms with van der Waals surface area (Å²) in [6.07, 6.45) is 2.26. The van der Waals surface area contributed by atoms with E-state index < -0.39 is 11.6 Å². The first-order valence-corrected chi connectivity index (χ1v) is 10.9. The maximum absolute atomic E-state index is 13.2. The Morgan fingerprint density at radius 3 is 2.52 bits per heavy atom. The van der Waals surface area contributed by atoms with Gasteiger partial charge in [-0.2, -0.15) is 0 Å². The Hall–Kier alpha value is -3.15. The van der Waals surface area contributed by atoms with E-state index in [0.717, 1.165) is 34.4 Å². The lowest BCUT2D eigenvalue weighted by atomic mass is 9.92. The lowest BCUT2D eigenvalue weighted by Gasteiger charge is -2.22. The summed E-state index contributed by atoms with van der Waals surface area (Å²) in [6, 6.07) is 15.1. The van der Waals surface area contributed by atoms with Gasteiger partial charge in [-0.25, -0.2) is 4.79 Å². The quantitative estimate of drug-likeness (QED) is 0.704. The zero-order chi connectivity index (χ0) is 22.2. The van der Waals surface area contributed by atoms with Crippen molar-refractivity contribution in [3.05, 3.63) is 70.8 Å². The second-order valence-corrected chi connectivity index (χ2v) is 9.01. The number of imide groups is 1. The van der Waals surface area contributed by atoms with Crippen LogP contribution >= 0.6 is 0 Å². The number of hydrogen-bond donors (Lipinski definition) is 2. The molecule has 2 aromatic rings.